The fraction of sp³-hybridized carbons (Fsp3) is 0.432. The molecule has 0 aromatic heterocycles. The zero-order chi connectivity index (χ0) is 32.1. The minimum Gasteiger partial charge on any atom is -0.368 e. The quantitative estimate of drug-likeness (QED) is 0.141. The Morgan fingerprint density at radius 2 is 1.93 bits per heavy atom. The van der Waals surface area contributed by atoms with Crippen LogP contribution in [0.5, 0.6) is 0 Å². The summed E-state index contributed by atoms with van der Waals surface area (Å²) in [6.07, 6.45) is 10.7. The molecule has 0 bridgehead atoms. The van der Waals surface area contributed by atoms with Crippen molar-refractivity contribution in [1.29, 1.82) is 5.26 Å². The van der Waals surface area contributed by atoms with E-state index in [0.29, 0.717) is 43.7 Å². The minimum atomic E-state index is -0.296. The van der Waals surface area contributed by atoms with E-state index in [1.165, 1.54) is 6.07 Å². The van der Waals surface area contributed by atoms with E-state index in [1.807, 2.05) is 63.8 Å². The van der Waals surface area contributed by atoms with Crippen LogP contribution < -0.4 is 0 Å². The number of hydrogen-bond acceptors (Lipinski definition) is 4. The summed E-state index contributed by atoms with van der Waals surface area (Å²) in [5.41, 5.74) is 6.23. The van der Waals surface area contributed by atoms with Gasteiger partial charge in [-0.25, -0.2) is 4.39 Å². The molecule has 5 nitrogen and oxygen atoms in total. The molecule has 1 atom stereocenters. The SMILES string of the molecule is C=C(CC(=NCC)C(/C(=C\C)c1ccccc1F)=C(\C)N1CCN(C(=O)C(C)C)C[C@@H]1C)C(/C=C(C#N)\C=C\C)=C/CC. The van der Waals surface area contributed by atoms with Gasteiger partial charge in [0.1, 0.15) is 5.82 Å². The number of nitrogens with zero attached hydrogens (tertiary/aromatic N) is 4. The zero-order valence-electron chi connectivity index (χ0n) is 27.4. The van der Waals surface area contributed by atoms with E-state index in [2.05, 4.69) is 44.4 Å². The summed E-state index contributed by atoms with van der Waals surface area (Å²) in [5.74, 6) is -0.184. The molecule has 0 radical (unpaired) electrons. The van der Waals surface area contributed by atoms with Gasteiger partial charge in [0.25, 0.3) is 0 Å². The Morgan fingerprint density at radius 1 is 1.23 bits per heavy atom. The molecule has 1 amide bonds. The van der Waals surface area contributed by atoms with Crippen LogP contribution in [-0.2, 0) is 4.79 Å². The van der Waals surface area contributed by atoms with E-state index >= 15 is 4.39 Å². The van der Waals surface area contributed by atoms with Crippen molar-refractivity contribution in [1.82, 2.24) is 9.80 Å². The number of halogens is 1. The van der Waals surface area contributed by atoms with Crippen molar-refractivity contribution in [2.24, 2.45) is 10.9 Å². The van der Waals surface area contributed by atoms with E-state index in [9.17, 15) is 10.1 Å². The first-order valence-electron chi connectivity index (χ1n) is 15.4. The van der Waals surface area contributed by atoms with Gasteiger partial charge in [-0.05, 0) is 76.0 Å². The Morgan fingerprint density at radius 3 is 2.47 bits per heavy atom. The third kappa shape index (κ3) is 9.25. The van der Waals surface area contributed by atoms with E-state index in [0.717, 1.165) is 40.1 Å². The van der Waals surface area contributed by atoms with Gasteiger partial charge in [0.05, 0.1) is 11.6 Å². The molecule has 43 heavy (non-hydrogen) atoms. The predicted octanol–water partition coefficient (Wildman–Crippen LogP) is 8.46. The summed E-state index contributed by atoms with van der Waals surface area (Å²) in [6, 6.07) is 9.15. The number of carbonyl (C=O) groups excluding carboxylic acids is 1. The number of rotatable bonds is 12. The van der Waals surface area contributed by atoms with E-state index in [4.69, 9.17) is 4.99 Å². The Balaban J connectivity index is 2.72. The van der Waals surface area contributed by atoms with Crippen molar-refractivity contribution < 1.29 is 9.18 Å². The van der Waals surface area contributed by atoms with Crippen molar-refractivity contribution in [3.8, 4) is 6.07 Å². The molecule has 2 rings (SSSR count). The standard InChI is InChI=1S/C37H49FN4O/c1-10-16-30(24-39)23-31(17-11-2)27(7)22-35(40-13-4)36(32(12-3)33-18-14-15-19-34(33)38)29(9)42-21-20-41(25-28(42)8)37(43)26(5)6/h10,12,14-19,23,26,28H,7,11,13,20-22,25H2,1-6,8-9H3/b16-10+,30-23+,31-17+,32-12-,36-29+,40-35?/t28-/m0/s1. The van der Waals surface area contributed by atoms with Gasteiger partial charge < -0.3 is 9.80 Å². The van der Waals surface area contributed by atoms with Crippen LogP contribution in [0.3, 0.4) is 0 Å². The summed E-state index contributed by atoms with van der Waals surface area (Å²) in [4.78, 5) is 22.0. The molecule has 0 aliphatic carbocycles. The number of carbonyl (C=O) groups is 1. The highest BCUT2D eigenvalue weighted by Crippen LogP contribution is 2.34. The van der Waals surface area contributed by atoms with Crippen LogP contribution in [0.1, 0.15) is 73.8 Å². The summed E-state index contributed by atoms with van der Waals surface area (Å²) in [6.45, 7) is 22.8. The smallest absolute Gasteiger partial charge is 0.225 e. The molecule has 0 unspecified atom stereocenters. The number of allylic oxidation sites excluding steroid dienone is 11. The van der Waals surface area contributed by atoms with Gasteiger partial charge in [-0.3, -0.25) is 9.79 Å². The molecule has 1 aliphatic heterocycles. The monoisotopic (exact) mass is 584 g/mol. The Bertz CT molecular complexity index is 1380. The van der Waals surface area contributed by atoms with Crippen molar-refractivity contribution in [2.75, 3.05) is 26.2 Å². The number of aliphatic imine (C=N–C) groups is 1. The lowest BCUT2D eigenvalue weighted by molar-refractivity contribution is -0.136. The molecule has 1 aromatic carbocycles. The van der Waals surface area contributed by atoms with Gasteiger partial charge in [-0.15, -0.1) is 0 Å². The molecule has 230 valence electrons. The average molecular weight is 585 g/mol. The van der Waals surface area contributed by atoms with E-state index in [-0.39, 0.29) is 23.7 Å². The van der Waals surface area contributed by atoms with Crippen LogP contribution in [0.2, 0.25) is 0 Å². The predicted molar refractivity (Wildman–Crippen MR) is 179 cm³/mol. The Labute approximate surface area is 259 Å². The van der Waals surface area contributed by atoms with E-state index < -0.39 is 0 Å². The van der Waals surface area contributed by atoms with Gasteiger partial charge in [0.2, 0.25) is 5.91 Å². The zero-order valence-corrected chi connectivity index (χ0v) is 27.4. The maximum Gasteiger partial charge on any atom is 0.225 e. The lowest BCUT2D eigenvalue weighted by atomic mass is 9.87. The first-order chi connectivity index (χ1) is 20.5. The molecule has 1 aromatic rings. The van der Waals surface area contributed by atoms with Crippen LogP contribution in [0.4, 0.5) is 4.39 Å². The van der Waals surface area contributed by atoms with Crippen molar-refractivity contribution in [3.05, 3.63) is 101 Å². The number of amides is 1. The van der Waals surface area contributed by atoms with Gasteiger partial charge in [-0.2, -0.15) is 5.26 Å². The van der Waals surface area contributed by atoms with Gasteiger partial charge in [0.15, 0.2) is 0 Å². The molecule has 1 aliphatic rings. The first kappa shape index (κ1) is 35.2. The first-order valence-corrected chi connectivity index (χ1v) is 15.4. The summed E-state index contributed by atoms with van der Waals surface area (Å²) < 4.78 is 15.3. The van der Waals surface area contributed by atoms with Crippen LogP contribution in [0, 0.1) is 23.1 Å². The van der Waals surface area contributed by atoms with Gasteiger partial charge in [0, 0.05) is 67.1 Å². The van der Waals surface area contributed by atoms with Crippen LogP contribution in [0.15, 0.2) is 94.2 Å². The molecule has 0 spiro atoms. The fourth-order valence-electron chi connectivity index (χ4n) is 5.55. The molecule has 0 saturated carbocycles. The summed E-state index contributed by atoms with van der Waals surface area (Å²) >= 11 is 0. The normalized spacial score (nSPS) is 17.8. The van der Waals surface area contributed by atoms with Crippen LogP contribution >= 0.6 is 0 Å². The highest BCUT2D eigenvalue weighted by molar-refractivity contribution is 6.15. The molecule has 6 heteroatoms. The lowest BCUT2D eigenvalue weighted by Crippen LogP contribution is -2.54. The maximum atomic E-state index is 15.3. The van der Waals surface area contributed by atoms with Crippen molar-refractivity contribution in [2.45, 2.75) is 74.3 Å². The van der Waals surface area contributed by atoms with E-state index in [1.54, 1.807) is 18.2 Å². The third-order valence-corrected chi connectivity index (χ3v) is 7.58. The molecule has 1 heterocycles. The Hall–Kier alpha value is -3.98. The molecular weight excluding hydrogens is 535 g/mol. The third-order valence-electron chi connectivity index (χ3n) is 7.58. The second-order valence-electron chi connectivity index (χ2n) is 11.1. The number of piperazine rings is 1. The largest absolute Gasteiger partial charge is 0.368 e. The second kappa shape index (κ2) is 17.2. The average Bonchev–Trinajstić information content (AvgIpc) is 2.98. The lowest BCUT2D eigenvalue weighted by Gasteiger charge is -2.43. The molecule has 0 N–H and O–H groups in total. The van der Waals surface area contributed by atoms with Crippen molar-refractivity contribution in [3.63, 3.8) is 0 Å². The highest BCUT2D eigenvalue weighted by atomic mass is 19.1. The second-order valence-corrected chi connectivity index (χ2v) is 11.1. The van der Waals surface area contributed by atoms with Gasteiger partial charge >= 0.3 is 0 Å². The Kier molecular flexibility index (Phi) is 14.1. The maximum absolute atomic E-state index is 15.3. The highest BCUT2D eigenvalue weighted by Gasteiger charge is 2.31. The number of nitriles is 1. The minimum absolute atomic E-state index is 0.0512. The number of benzene rings is 1. The van der Waals surface area contributed by atoms with Crippen LogP contribution in [-0.4, -0.2) is 53.6 Å². The summed E-state index contributed by atoms with van der Waals surface area (Å²) in [7, 11) is 0. The fourth-order valence-corrected chi connectivity index (χ4v) is 5.55. The van der Waals surface area contributed by atoms with Crippen molar-refractivity contribution >= 4 is 17.2 Å². The topological polar surface area (TPSA) is 59.7 Å². The van der Waals surface area contributed by atoms with Gasteiger partial charge in [-0.1, -0.05) is 63.8 Å². The molecule has 1 saturated heterocycles. The van der Waals surface area contributed by atoms with Crippen LogP contribution in [0.25, 0.3) is 5.57 Å². The molecule has 1 fully saturated rings. The number of hydrogen-bond donors (Lipinski definition) is 0. The molecular formula is C37H49FN4O. The summed E-state index contributed by atoms with van der Waals surface area (Å²) in [5, 5.41) is 9.66.